The summed E-state index contributed by atoms with van der Waals surface area (Å²) in [5.74, 6) is -1.47. The van der Waals surface area contributed by atoms with Crippen molar-refractivity contribution in [3.8, 4) is 0 Å². The minimum atomic E-state index is -2.27. The maximum absolute atomic E-state index is 11.0. The van der Waals surface area contributed by atoms with E-state index in [0.29, 0.717) is 0 Å². The Labute approximate surface area is 119 Å². The zero-order valence-corrected chi connectivity index (χ0v) is 11.4. The second kappa shape index (κ2) is 5.70. The number of nitro groups is 1. The predicted octanol–water partition coefficient (Wildman–Crippen LogP) is 2.19. The van der Waals surface area contributed by atoms with E-state index in [9.17, 15) is 14.9 Å². The number of amidine groups is 1. The van der Waals surface area contributed by atoms with E-state index >= 15 is 0 Å². The minimum Gasteiger partial charge on any atom is -0.380 e. The van der Waals surface area contributed by atoms with Gasteiger partial charge in [0.25, 0.3) is 3.79 Å². The molecular formula is C7H4Cl3N3O4S. The Morgan fingerprint density at radius 3 is 2.56 bits per heavy atom. The van der Waals surface area contributed by atoms with Crippen LogP contribution in [-0.2, 0) is 9.63 Å². The van der Waals surface area contributed by atoms with E-state index in [1.807, 2.05) is 0 Å². The van der Waals surface area contributed by atoms with E-state index in [4.69, 9.17) is 40.5 Å². The molecule has 2 N–H and O–H groups in total. The van der Waals surface area contributed by atoms with Crippen molar-refractivity contribution in [3.63, 3.8) is 0 Å². The number of halogens is 3. The maximum Gasteiger partial charge on any atom is 0.386 e. The van der Waals surface area contributed by atoms with E-state index in [2.05, 4.69) is 9.99 Å². The first-order valence-electron chi connectivity index (χ1n) is 4.08. The molecule has 1 aromatic rings. The fraction of sp³-hybridized carbons (Fsp3) is 0.143. The van der Waals surface area contributed by atoms with E-state index in [1.54, 1.807) is 0 Å². The molecule has 11 heteroatoms. The van der Waals surface area contributed by atoms with Gasteiger partial charge in [-0.3, -0.25) is 10.1 Å². The van der Waals surface area contributed by atoms with E-state index < -0.39 is 14.7 Å². The van der Waals surface area contributed by atoms with Crippen LogP contribution in [0.1, 0.15) is 4.88 Å². The van der Waals surface area contributed by atoms with Crippen molar-refractivity contribution >= 4 is 62.9 Å². The number of alkyl halides is 3. The van der Waals surface area contributed by atoms with Crippen LogP contribution in [0, 0.1) is 10.1 Å². The summed E-state index contributed by atoms with van der Waals surface area (Å²) in [6, 6.07) is 2.59. The van der Waals surface area contributed by atoms with Crippen molar-refractivity contribution in [1.82, 2.24) is 0 Å². The molecule has 0 fully saturated rings. The van der Waals surface area contributed by atoms with Crippen LogP contribution in [0.15, 0.2) is 17.3 Å². The number of carbonyl (C=O) groups excluding carboxylic acids is 1. The Kier molecular flexibility index (Phi) is 4.74. The number of rotatable bonds is 3. The predicted molar refractivity (Wildman–Crippen MR) is 68.1 cm³/mol. The molecule has 0 saturated heterocycles. The van der Waals surface area contributed by atoms with Crippen LogP contribution in [0.5, 0.6) is 0 Å². The summed E-state index contributed by atoms with van der Waals surface area (Å²) in [4.78, 5) is 25.4. The monoisotopic (exact) mass is 331 g/mol. The lowest BCUT2D eigenvalue weighted by atomic mass is 10.4. The lowest BCUT2D eigenvalue weighted by Crippen LogP contribution is -2.22. The SMILES string of the molecule is NC(=NOC(=O)C(Cl)(Cl)Cl)c1ccc([N+](=O)[O-])s1. The first kappa shape index (κ1) is 15.0. The van der Waals surface area contributed by atoms with Crippen molar-refractivity contribution in [2.75, 3.05) is 0 Å². The average Bonchev–Trinajstić information content (AvgIpc) is 2.73. The van der Waals surface area contributed by atoms with Crippen molar-refractivity contribution in [1.29, 1.82) is 0 Å². The number of nitrogens with two attached hydrogens (primary N) is 1. The number of carbonyl (C=O) groups is 1. The molecule has 0 aromatic carbocycles. The lowest BCUT2D eigenvalue weighted by Gasteiger charge is -2.05. The van der Waals surface area contributed by atoms with Gasteiger partial charge in [0.15, 0.2) is 5.84 Å². The van der Waals surface area contributed by atoms with Crippen LogP contribution in [-0.4, -0.2) is 20.5 Å². The van der Waals surface area contributed by atoms with Crippen LogP contribution < -0.4 is 5.73 Å². The van der Waals surface area contributed by atoms with Crippen LogP contribution in [0.25, 0.3) is 0 Å². The molecule has 18 heavy (non-hydrogen) atoms. The standard InChI is InChI=1S/C7H4Cl3N3O4S/c8-7(9,10)6(14)17-12-5(11)3-1-2-4(18-3)13(15)16/h1-2H,(H2,11,12). The summed E-state index contributed by atoms with van der Waals surface area (Å²) in [5.41, 5.74) is 5.43. The van der Waals surface area contributed by atoms with Crippen LogP contribution in [0.3, 0.4) is 0 Å². The van der Waals surface area contributed by atoms with Crippen molar-refractivity contribution in [3.05, 3.63) is 27.1 Å². The first-order valence-corrected chi connectivity index (χ1v) is 6.03. The Bertz CT molecular complexity index is 510. The number of thiophene rings is 1. The molecule has 1 heterocycles. The molecule has 1 rings (SSSR count). The molecule has 7 nitrogen and oxygen atoms in total. The Balaban J connectivity index is 2.77. The molecule has 0 spiro atoms. The van der Waals surface area contributed by atoms with Crippen LogP contribution in [0.4, 0.5) is 5.00 Å². The molecule has 0 saturated carbocycles. The number of hydrogen-bond donors (Lipinski definition) is 1. The Hall–Kier alpha value is -1.09. The van der Waals surface area contributed by atoms with Crippen molar-refractivity contribution in [2.45, 2.75) is 3.79 Å². The van der Waals surface area contributed by atoms with Gasteiger partial charge in [0, 0.05) is 6.07 Å². The van der Waals surface area contributed by atoms with Gasteiger partial charge in [-0.15, -0.1) is 0 Å². The average molecular weight is 333 g/mol. The summed E-state index contributed by atoms with van der Waals surface area (Å²) in [6.45, 7) is 0. The molecule has 0 radical (unpaired) electrons. The highest BCUT2D eigenvalue weighted by Crippen LogP contribution is 2.28. The molecule has 1 aromatic heterocycles. The number of hydrogen-bond acceptors (Lipinski definition) is 6. The molecule has 0 bridgehead atoms. The zero-order chi connectivity index (χ0) is 13.9. The molecule has 0 amide bonds. The molecule has 0 aliphatic heterocycles. The van der Waals surface area contributed by atoms with Gasteiger partial charge < -0.3 is 10.6 Å². The van der Waals surface area contributed by atoms with E-state index in [1.165, 1.54) is 12.1 Å². The van der Waals surface area contributed by atoms with Gasteiger partial charge in [0.05, 0.1) is 9.80 Å². The second-order valence-electron chi connectivity index (χ2n) is 2.75. The van der Waals surface area contributed by atoms with E-state index in [-0.39, 0.29) is 15.7 Å². The molecule has 0 unspecified atom stereocenters. The zero-order valence-electron chi connectivity index (χ0n) is 8.30. The third-order valence-electron chi connectivity index (χ3n) is 1.48. The lowest BCUT2D eigenvalue weighted by molar-refractivity contribution is -0.380. The fourth-order valence-electron chi connectivity index (χ4n) is 0.751. The third kappa shape index (κ3) is 3.98. The van der Waals surface area contributed by atoms with Gasteiger partial charge >= 0.3 is 11.0 Å². The topological polar surface area (TPSA) is 108 Å². The van der Waals surface area contributed by atoms with Gasteiger partial charge in [0.1, 0.15) is 0 Å². The highest BCUT2D eigenvalue weighted by atomic mass is 35.6. The normalized spacial score (nSPS) is 12.3. The highest BCUT2D eigenvalue weighted by Gasteiger charge is 2.33. The van der Waals surface area contributed by atoms with Gasteiger partial charge in [-0.2, -0.15) is 0 Å². The fourth-order valence-corrected chi connectivity index (χ4v) is 1.57. The third-order valence-corrected chi connectivity index (χ3v) is 3.00. The van der Waals surface area contributed by atoms with E-state index in [0.717, 1.165) is 11.3 Å². The molecule has 0 atom stereocenters. The number of oxime groups is 1. The quantitative estimate of drug-likeness (QED) is 0.228. The van der Waals surface area contributed by atoms with Crippen LogP contribution >= 0.6 is 46.1 Å². The molecule has 98 valence electrons. The second-order valence-corrected chi connectivity index (χ2v) is 6.09. The molecule has 0 aliphatic carbocycles. The summed E-state index contributed by atoms with van der Waals surface area (Å²) in [7, 11) is 0. The summed E-state index contributed by atoms with van der Waals surface area (Å²) < 4.78 is -2.27. The molecular weight excluding hydrogens is 329 g/mol. The van der Waals surface area contributed by atoms with Gasteiger partial charge in [-0.05, 0) is 6.07 Å². The van der Waals surface area contributed by atoms with Gasteiger partial charge in [0.2, 0.25) is 0 Å². The Morgan fingerprint density at radius 1 is 1.50 bits per heavy atom. The van der Waals surface area contributed by atoms with Crippen molar-refractivity contribution < 1.29 is 14.6 Å². The van der Waals surface area contributed by atoms with Gasteiger partial charge in [-0.25, -0.2) is 4.79 Å². The Morgan fingerprint density at radius 2 is 2.11 bits per heavy atom. The highest BCUT2D eigenvalue weighted by molar-refractivity contribution is 7.17. The van der Waals surface area contributed by atoms with Crippen molar-refractivity contribution in [2.24, 2.45) is 10.9 Å². The molecule has 0 aliphatic rings. The summed E-state index contributed by atoms with van der Waals surface area (Å²) in [6.07, 6.45) is 0. The number of nitrogens with zero attached hydrogens (tertiary/aromatic N) is 2. The minimum absolute atomic E-state index is 0.129. The largest absolute Gasteiger partial charge is 0.386 e. The summed E-state index contributed by atoms with van der Waals surface area (Å²) in [5, 5.41) is 13.5. The first-order chi connectivity index (χ1) is 8.21. The smallest absolute Gasteiger partial charge is 0.380 e. The van der Waals surface area contributed by atoms with Crippen LogP contribution in [0.2, 0.25) is 0 Å². The van der Waals surface area contributed by atoms with Gasteiger partial charge in [-0.1, -0.05) is 51.3 Å². The summed E-state index contributed by atoms with van der Waals surface area (Å²) >= 11 is 16.4. The maximum atomic E-state index is 11.0.